The van der Waals surface area contributed by atoms with Crippen molar-refractivity contribution in [3.63, 3.8) is 0 Å². The van der Waals surface area contributed by atoms with E-state index in [1.807, 2.05) is 32.0 Å². The van der Waals surface area contributed by atoms with Gasteiger partial charge in [0.25, 0.3) is 0 Å². The van der Waals surface area contributed by atoms with Crippen molar-refractivity contribution in [3.8, 4) is 11.5 Å². The smallest absolute Gasteiger partial charge is 0.387 e. The topological polar surface area (TPSA) is 100 Å². The Morgan fingerprint density at radius 2 is 1.53 bits per heavy atom. The maximum Gasteiger partial charge on any atom is 0.387 e. The largest absolute Gasteiger partial charge is 0.497 e. The highest BCUT2D eigenvalue weighted by atomic mass is 19.3. The van der Waals surface area contributed by atoms with Gasteiger partial charge in [-0.3, -0.25) is 9.55 Å². The highest BCUT2D eigenvalue weighted by molar-refractivity contribution is 5.34. The van der Waals surface area contributed by atoms with E-state index in [-0.39, 0.29) is 24.8 Å². The molecule has 0 saturated carbocycles. The molecular weight excluding hydrogens is 496 g/mol. The number of hydrogen-bond acceptors (Lipinski definition) is 7. The number of ether oxygens (including phenoxy) is 2. The molecule has 0 spiro atoms. The summed E-state index contributed by atoms with van der Waals surface area (Å²) in [5.74, 6) is 0.767. The van der Waals surface area contributed by atoms with Gasteiger partial charge in [0.1, 0.15) is 11.5 Å². The Morgan fingerprint density at radius 1 is 0.921 bits per heavy atom. The molecule has 0 aliphatic rings. The van der Waals surface area contributed by atoms with Gasteiger partial charge in [0.15, 0.2) is 0 Å². The molecule has 1 N–H and O–H groups in total. The number of pyridine rings is 1. The predicted octanol–water partition coefficient (Wildman–Crippen LogP) is 3.74. The molecule has 0 bridgehead atoms. The van der Waals surface area contributed by atoms with Gasteiger partial charge in [-0.2, -0.15) is 13.8 Å². The van der Waals surface area contributed by atoms with E-state index in [2.05, 4.69) is 20.0 Å². The first kappa shape index (κ1) is 26.5. The molecule has 0 aliphatic heterocycles. The molecule has 2 aromatic carbocycles. The molecule has 0 radical (unpaired) electrons. The van der Waals surface area contributed by atoms with Gasteiger partial charge in [0.2, 0.25) is 5.95 Å². The first-order chi connectivity index (χ1) is 18.2. The molecule has 4 aromatic rings. The summed E-state index contributed by atoms with van der Waals surface area (Å²) in [6, 6.07) is 14.9. The lowest BCUT2D eigenvalue weighted by Gasteiger charge is -2.16. The predicted molar refractivity (Wildman–Crippen MR) is 138 cm³/mol. The molecule has 0 amide bonds. The van der Waals surface area contributed by atoms with E-state index in [0.717, 1.165) is 27.0 Å². The number of alkyl halides is 2. The number of nitrogens with zero attached hydrogens (tertiary/aromatic N) is 4. The third-order valence-corrected chi connectivity index (χ3v) is 5.93. The number of rotatable bonds is 10. The molecule has 2 heterocycles. The quantitative estimate of drug-likeness (QED) is 0.338. The number of aromatic nitrogens is 4. The second kappa shape index (κ2) is 11.7. The van der Waals surface area contributed by atoms with Crippen molar-refractivity contribution in [1.29, 1.82) is 0 Å². The van der Waals surface area contributed by atoms with E-state index in [1.165, 1.54) is 28.8 Å². The van der Waals surface area contributed by atoms with Gasteiger partial charge in [-0.25, -0.2) is 14.2 Å². The molecule has 2 aromatic heterocycles. The number of halogens is 2. The summed E-state index contributed by atoms with van der Waals surface area (Å²) in [5, 5.41) is 3.12. The lowest BCUT2D eigenvalue weighted by molar-refractivity contribution is -0.0498. The molecule has 4 rings (SSSR count). The summed E-state index contributed by atoms with van der Waals surface area (Å²) in [6.07, 6.45) is 1.74. The van der Waals surface area contributed by atoms with E-state index in [4.69, 9.17) is 4.74 Å². The normalized spacial score (nSPS) is 11.0. The lowest BCUT2D eigenvalue weighted by atomic mass is 10.1. The van der Waals surface area contributed by atoms with E-state index in [1.54, 1.807) is 25.4 Å². The van der Waals surface area contributed by atoms with Gasteiger partial charge in [0, 0.05) is 18.4 Å². The van der Waals surface area contributed by atoms with Crippen LogP contribution in [0.4, 0.5) is 14.7 Å². The summed E-state index contributed by atoms with van der Waals surface area (Å²) in [6.45, 7) is 1.27. The zero-order valence-electron chi connectivity index (χ0n) is 21.1. The van der Waals surface area contributed by atoms with Crippen LogP contribution in [0.5, 0.6) is 11.5 Å². The molecule has 0 unspecified atom stereocenters. The Bertz CT molecular complexity index is 1520. The number of hydrogen-bond donors (Lipinski definition) is 1. The van der Waals surface area contributed by atoms with Gasteiger partial charge in [0.05, 0.1) is 20.2 Å². The fourth-order valence-corrected chi connectivity index (χ4v) is 3.90. The number of benzene rings is 2. The Morgan fingerprint density at radius 3 is 2.11 bits per heavy atom. The minimum atomic E-state index is -2.95. The van der Waals surface area contributed by atoms with Crippen molar-refractivity contribution in [2.24, 2.45) is 0 Å². The summed E-state index contributed by atoms with van der Waals surface area (Å²) in [5.41, 5.74) is 2.83. The van der Waals surface area contributed by atoms with Crippen LogP contribution in [0.3, 0.4) is 0 Å². The van der Waals surface area contributed by atoms with Crippen LogP contribution in [-0.4, -0.2) is 32.8 Å². The standard InChI is InChI=1S/C27H27F2N5O4/c1-17-12-18(2)30-13-21(17)14-31-25-32-26(35)34(16-20-6-10-23(11-7-20)38-24(28)29)27(36)33(25)15-19-4-8-22(37-3)9-5-19/h4-13,24H,14-16H2,1-3H3,(H,31,32,35). The van der Waals surface area contributed by atoms with Crippen LogP contribution in [0, 0.1) is 13.8 Å². The van der Waals surface area contributed by atoms with E-state index in [0.29, 0.717) is 17.9 Å². The second-order valence-electron chi connectivity index (χ2n) is 8.65. The summed E-state index contributed by atoms with van der Waals surface area (Å²) >= 11 is 0. The van der Waals surface area contributed by atoms with Crippen molar-refractivity contribution in [1.82, 2.24) is 19.1 Å². The zero-order valence-corrected chi connectivity index (χ0v) is 21.1. The Kier molecular flexibility index (Phi) is 8.15. The van der Waals surface area contributed by atoms with Crippen molar-refractivity contribution in [2.45, 2.75) is 40.1 Å². The summed E-state index contributed by atoms with van der Waals surface area (Å²) in [4.78, 5) is 35.0. The highest BCUT2D eigenvalue weighted by Gasteiger charge is 2.15. The Balaban J connectivity index is 1.68. The molecule has 11 heteroatoms. The van der Waals surface area contributed by atoms with Crippen molar-refractivity contribution < 1.29 is 18.3 Å². The van der Waals surface area contributed by atoms with Crippen LogP contribution >= 0.6 is 0 Å². The minimum absolute atomic E-state index is 0.0217. The Hall–Kier alpha value is -4.54. The van der Waals surface area contributed by atoms with Gasteiger partial charge in [-0.05, 0) is 66.4 Å². The third-order valence-electron chi connectivity index (χ3n) is 5.93. The number of methoxy groups -OCH3 is 1. The zero-order chi connectivity index (χ0) is 27.2. The van der Waals surface area contributed by atoms with Crippen LogP contribution in [0.2, 0.25) is 0 Å². The van der Waals surface area contributed by atoms with Crippen LogP contribution in [0.15, 0.2) is 70.4 Å². The average molecular weight is 524 g/mol. The van der Waals surface area contributed by atoms with Crippen LogP contribution in [0.25, 0.3) is 0 Å². The van der Waals surface area contributed by atoms with Gasteiger partial charge in [-0.1, -0.05) is 24.3 Å². The first-order valence-corrected chi connectivity index (χ1v) is 11.8. The molecule has 38 heavy (non-hydrogen) atoms. The average Bonchev–Trinajstić information content (AvgIpc) is 2.89. The fourth-order valence-electron chi connectivity index (χ4n) is 3.90. The highest BCUT2D eigenvalue weighted by Crippen LogP contribution is 2.16. The van der Waals surface area contributed by atoms with E-state index < -0.39 is 18.0 Å². The van der Waals surface area contributed by atoms with Crippen LogP contribution < -0.4 is 26.2 Å². The molecule has 198 valence electrons. The van der Waals surface area contributed by atoms with Crippen molar-refractivity contribution in [3.05, 3.63) is 110 Å². The van der Waals surface area contributed by atoms with Crippen LogP contribution in [-0.2, 0) is 19.6 Å². The molecule has 9 nitrogen and oxygen atoms in total. The van der Waals surface area contributed by atoms with E-state index in [9.17, 15) is 18.4 Å². The van der Waals surface area contributed by atoms with Gasteiger partial charge >= 0.3 is 18.0 Å². The summed E-state index contributed by atoms with van der Waals surface area (Å²) in [7, 11) is 1.56. The van der Waals surface area contributed by atoms with Crippen molar-refractivity contribution >= 4 is 5.95 Å². The lowest BCUT2D eigenvalue weighted by Crippen LogP contribution is -2.43. The fraction of sp³-hybridized carbons (Fsp3) is 0.259. The number of nitrogens with one attached hydrogen (secondary N) is 1. The number of anilines is 1. The first-order valence-electron chi connectivity index (χ1n) is 11.8. The monoisotopic (exact) mass is 523 g/mol. The van der Waals surface area contributed by atoms with Crippen LogP contribution in [0.1, 0.15) is 27.9 Å². The maximum absolute atomic E-state index is 13.6. The summed E-state index contributed by atoms with van der Waals surface area (Å²) < 4.78 is 36.9. The van der Waals surface area contributed by atoms with E-state index >= 15 is 0 Å². The maximum atomic E-state index is 13.6. The molecule has 0 fully saturated rings. The third kappa shape index (κ3) is 6.41. The van der Waals surface area contributed by atoms with Crippen molar-refractivity contribution in [2.75, 3.05) is 12.4 Å². The minimum Gasteiger partial charge on any atom is -0.497 e. The van der Waals surface area contributed by atoms with Gasteiger partial charge in [-0.15, -0.1) is 0 Å². The second-order valence-corrected chi connectivity index (χ2v) is 8.65. The molecule has 0 saturated heterocycles. The Labute approximate surface area is 217 Å². The molecular formula is C27H27F2N5O4. The SMILES string of the molecule is COc1ccc(Cn2c(NCc3cnc(C)cc3C)nc(=O)n(Cc3ccc(OC(F)F)cc3)c2=O)cc1. The molecule has 0 aliphatic carbocycles. The molecule has 0 atom stereocenters. The number of aryl methyl sites for hydroxylation is 2. The van der Waals surface area contributed by atoms with Gasteiger partial charge < -0.3 is 14.8 Å².